The number of fused-ring (bicyclic) bond motifs is 3. The van der Waals surface area contributed by atoms with Crippen LogP contribution in [0, 0.1) is 5.95 Å². The lowest BCUT2D eigenvalue weighted by atomic mass is 9.96. The van der Waals surface area contributed by atoms with Crippen molar-refractivity contribution in [2.75, 3.05) is 30.1 Å². The van der Waals surface area contributed by atoms with Gasteiger partial charge in [-0.05, 0) is 50.2 Å². The largest absolute Gasteiger partial charge is 0.496 e. The van der Waals surface area contributed by atoms with E-state index in [2.05, 4.69) is 23.7 Å². The third-order valence-electron chi connectivity index (χ3n) is 7.08. The summed E-state index contributed by atoms with van der Waals surface area (Å²) in [5.41, 5.74) is 3.47. The van der Waals surface area contributed by atoms with E-state index in [4.69, 9.17) is 37.8 Å². The average Bonchev–Trinajstić information content (AvgIpc) is 3.27. The number of benzene rings is 2. The molecule has 1 atom stereocenters. The summed E-state index contributed by atoms with van der Waals surface area (Å²) < 4.78 is 40.9. The number of anilines is 1. The van der Waals surface area contributed by atoms with Gasteiger partial charge in [0.05, 0.1) is 24.1 Å². The van der Waals surface area contributed by atoms with E-state index in [1.54, 1.807) is 41.1 Å². The maximum absolute atomic E-state index is 14.8. The highest BCUT2D eigenvalue weighted by Gasteiger charge is 2.39. The van der Waals surface area contributed by atoms with Crippen LogP contribution in [0.5, 0.6) is 11.5 Å². The van der Waals surface area contributed by atoms with Gasteiger partial charge in [-0.3, -0.25) is 4.21 Å². The summed E-state index contributed by atoms with van der Waals surface area (Å²) in [4.78, 5) is 6.02. The van der Waals surface area contributed by atoms with Gasteiger partial charge in [-0.2, -0.15) is 4.39 Å². The van der Waals surface area contributed by atoms with Crippen molar-refractivity contribution in [2.45, 2.75) is 26.0 Å². The molecule has 0 saturated carbocycles. The molecule has 1 unspecified atom stereocenters. The number of methoxy groups -OCH3 is 1. The molecule has 1 fully saturated rings. The predicted octanol–water partition coefficient (Wildman–Crippen LogP) is 6.30. The summed E-state index contributed by atoms with van der Waals surface area (Å²) in [6.45, 7) is 4.97. The lowest BCUT2D eigenvalue weighted by Gasteiger charge is -2.42. The summed E-state index contributed by atoms with van der Waals surface area (Å²) >= 11 is 12.8. The number of rotatable bonds is 4. The Morgan fingerprint density at radius 2 is 1.87 bits per heavy atom. The Morgan fingerprint density at radius 1 is 1.10 bits per heavy atom. The second-order valence-corrected chi connectivity index (χ2v) is 12.6. The van der Waals surface area contributed by atoms with Crippen LogP contribution in [0.2, 0.25) is 10.0 Å². The Balaban J connectivity index is 1.63. The van der Waals surface area contributed by atoms with Gasteiger partial charge in [0.15, 0.2) is 5.82 Å². The normalized spacial score (nSPS) is 17.8. The fraction of sp³-hybridized carbons (Fsp3) is 0.286. The van der Waals surface area contributed by atoms with E-state index in [1.165, 1.54) is 13.3 Å². The Morgan fingerprint density at radius 3 is 2.56 bits per heavy atom. The molecular weight excluding hydrogens is 562 g/mol. The van der Waals surface area contributed by atoms with Crippen molar-refractivity contribution in [3.05, 3.63) is 70.2 Å². The van der Waals surface area contributed by atoms with Gasteiger partial charge in [0.2, 0.25) is 5.95 Å². The van der Waals surface area contributed by atoms with Gasteiger partial charge in [0, 0.05) is 73.4 Å². The standard InChI is InChI=1S/C28H25Cl2FN4O3S/c1-28(2)15-39(36)8-7-34(28)27-22-14-38-24-13-23(37-3)20(19-5-4-6-32-26(19)31)12-21(24)25(22)35(33-27)18-10-16(29)9-17(30)11-18/h4-6,9-13H,7-8,14-15H2,1-3H3. The van der Waals surface area contributed by atoms with Crippen molar-refractivity contribution < 1.29 is 18.1 Å². The second-order valence-electron chi connectivity index (χ2n) is 10.1. The van der Waals surface area contributed by atoms with Crippen LogP contribution in [0.25, 0.3) is 28.1 Å². The number of halogens is 3. The van der Waals surface area contributed by atoms with E-state index in [-0.39, 0.29) is 6.61 Å². The minimum absolute atomic E-state index is 0.255. The van der Waals surface area contributed by atoms with Crippen LogP contribution in [0.4, 0.5) is 10.2 Å². The first-order valence-electron chi connectivity index (χ1n) is 12.3. The highest BCUT2D eigenvalue weighted by Crippen LogP contribution is 2.48. The molecule has 0 radical (unpaired) electrons. The van der Waals surface area contributed by atoms with E-state index < -0.39 is 22.3 Å². The fourth-order valence-electron chi connectivity index (χ4n) is 5.33. The van der Waals surface area contributed by atoms with E-state index in [0.717, 1.165) is 17.1 Å². The second kappa shape index (κ2) is 9.80. The first-order valence-corrected chi connectivity index (χ1v) is 14.6. The molecule has 2 aromatic carbocycles. The summed E-state index contributed by atoms with van der Waals surface area (Å²) in [7, 11) is 0.629. The minimum atomic E-state index is -0.906. The molecule has 2 aliphatic rings. The monoisotopic (exact) mass is 586 g/mol. The first-order chi connectivity index (χ1) is 18.7. The number of ether oxygens (including phenoxy) is 2. The predicted molar refractivity (Wildman–Crippen MR) is 152 cm³/mol. The smallest absolute Gasteiger partial charge is 0.220 e. The molecule has 0 spiro atoms. The SMILES string of the molecule is COc1cc2c(cc1-c1cccnc1F)-c1c(c(N3CCS(=O)CC3(C)C)nn1-c1cc(Cl)cc(Cl)c1)CO2. The van der Waals surface area contributed by atoms with Gasteiger partial charge < -0.3 is 14.4 Å². The summed E-state index contributed by atoms with van der Waals surface area (Å²) in [5.74, 6) is 2.24. The van der Waals surface area contributed by atoms with Gasteiger partial charge >= 0.3 is 0 Å². The van der Waals surface area contributed by atoms with Crippen LogP contribution in [0.3, 0.4) is 0 Å². The van der Waals surface area contributed by atoms with Gasteiger partial charge in [0.1, 0.15) is 18.1 Å². The molecule has 39 heavy (non-hydrogen) atoms. The molecule has 6 rings (SSSR count). The Labute approximate surface area is 237 Å². The number of pyridine rings is 1. The zero-order chi connectivity index (χ0) is 27.5. The van der Waals surface area contributed by atoms with E-state index in [0.29, 0.717) is 62.0 Å². The molecule has 4 aromatic rings. The van der Waals surface area contributed by atoms with Crippen molar-refractivity contribution in [2.24, 2.45) is 0 Å². The van der Waals surface area contributed by atoms with Crippen LogP contribution >= 0.6 is 23.2 Å². The topological polar surface area (TPSA) is 69.5 Å². The zero-order valence-electron chi connectivity index (χ0n) is 21.5. The molecule has 1 saturated heterocycles. The molecule has 11 heteroatoms. The summed E-state index contributed by atoms with van der Waals surface area (Å²) in [6.07, 6.45) is 1.41. The molecule has 202 valence electrons. The molecule has 2 aliphatic heterocycles. The van der Waals surface area contributed by atoms with Crippen molar-refractivity contribution in [1.82, 2.24) is 14.8 Å². The van der Waals surface area contributed by atoms with Crippen LogP contribution in [-0.4, -0.2) is 49.7 Å². The lowest BCUT2D eigenvalue weighted by molar-refractivity contribution is 0.299. The van der Waals surface area contributed by atoms with E-state index in [9.17, 15) is 8.60 Å². The Hall–Kier alpha value is -3.14. The minimum Gasteiger partial charge on any atom is -0.496 e. The molecule has 0 aliphatic carbocycles. The van der Waals surface area contributed by atoms with Crippen molar-refractivity contribution in [3.8, 4) is 39.6 Å². The van der Waals surface area contributed by atoms with Gasteiger partial charge in [-0.25, -0.2) is 9.67 Å². The van der Waals surface area contributed by atoms with Gasteiger partial charge in [-0.15, -0.1) is 5.10 Å². The van der Waals surface area contributed by atoms with Crippen LogP contribution in [0.15, 0.2) is 48.7 Å². The fourth-order valence-corrected chi connectivity index (χ4v) is 7.32. The van der Waals surface area contributed by atoms with E-state index >= 15 is 0 Å². The lowest BCUT2D eigenvalue weighted by Crippen LogP contribution is -2.54. The Kier molecular flexibility index (Phi) is 6.56. The highest BCUT2D eigenvalue weighted by atomic mass is 35.5. The molecular formula is C28H25Cl2FN4O3S. The highest BCUT2D eigenvalue weighted by molar-refractivity contribution is 7.85. The Bertz CT molecular complexity index is 1620. The quantitative estimate of drug-likeness (QED) is 0.261. The molecule has 0 N–H and O–H groups in total. The molecule has 7 nitrogen and oxygen atoms in total. The van der Waals surface area contributed by atoms with Crippen molar-refractivity contribution in [3.63, 3.8) is 0 Å². The third-order valence-corrected chi connectivity index (χ3v) is 9.18. The van der Waals surface area contributed by atoms with Crippen LogP contribution in [0.1, 0.15) is 19.4 Å². The molecule has 0 amide bonds. The maximum Gasteiger partial charge on any atom is 0.220 e. The number of aromatic nitrogens is 3. The zero-order valence-corrected chi connectivity index (χ0v) is 23.8. The maximum atomic E-state index is 14.8. The van der Waals surface area contributed by atoms with Gasteiger partial charge in [-0.1, -0.05) is 23.2 Å². The number of hydrogen-bond acceptors (Lipinski definition) is 6. The van der Waals surface area contributed by atoms with Crippen LogP contribution in [-0.2, 0) is 17.4 Å². The molecule has 0 bridgehead atoms. The van der Waals surface area contributed by atoms with Crippen molar-refractivity contribution in [1.29, 1.82) is 0 Å². The number of hydrogen-bond donors (Lipinski definition) is 0. The number of nitrogens with zero attached hydrogens (tertiary/aromatic N) is 4. The first kappa shape index (κ1) is 26.1. The van der Waals surface area contributed by atoms with Crippen LogP contribution < -0.4 is 14.4 Å². The van der Waals surface area contributed by atoms with Crippen molar-refractivity contribution >= 4 is 39.8 Å². The third kappa shape index (κ3) is 4.56. The average molecular weight is 588 g/mol. The molecule has 2 aromatic heterocycles. The summed E-state index contributed by atoms with van der Waals surface area (Å²) in [6, 6.07) is 12.2. The van der Waals surface area contributed by atoms with Gasteiger partial charge in [0.25, 0.3) is 0 Å². The summed E-state index contributed by atoms with van der Waals surface area (Å²) in [5, 5.41) is 6.02. The molecule has 4 heterocycles. The van der Waals surface area contributed by atoms with E-state index in [1.807, 2.05) is 6.07 Å².